The van der Waals surface area contributed by atoms with Crippen molar-refractivity contribution in [2.75, 3.05) is 19.8 Å². The van der Waals surface area contributed by atoms with Gasteiger partial charge in [-0.2, -0.15) is 0 Å². The van der Waals surface area contributed by atoms with Crippen molar-refractivity contribution in [3.63, 3.8) is 0 Å². The van der Waals surface area contributed by atoms with Crippen LogP contribution in [0.4, 0.5) is 0 Å². The van der Waals surface area contributed by atoms with Crippen LogP contribution in [-0.4, -0.2) is 156 Å². The summed E-state index contributed by atoms with van der Waals surface area (Å²) in [6, 6.07) is 5.95. The number of fused-ring (bicyclic) bond motifs is 1. The zero-order valence-corrected chi connectivity index (χ0v) is 24.7. The summed E-state index contributed by atoms with van der Waals surface area (Å²) in [7, 11) is 0. The number of phenols is 1. The molecule has 3 heterocycles. The second-order valence-electron chi connectivity index (χ2n) is 11.5. The molecule has 0 amide bonds. The average Bonchev–Trinajstić information content (AvgIpc) is 3.35. The van der Waals surface area contributed by atoms with Gasteiger partial charge >= 0.3 is 5.97 Å². The van der Waals surface area contributed by atoms with Crippen LogP contribution in [0.3, 0.4) is 0 Å². The van der Waals surface area contributed by atoms with Crippen LogP contribution in [0.2, 0.25) is 0 Å². The molecular formula is C30H38O17. The fourth-order valence-corrected chi connectivity index (χ4v) is 5.87. The number of carbonyl (C=O) groups excluding carboxylic acids is 1. The quantitative estimate of drug-likeness (QED) is 0.0647. The number of aromatic hydroxyl groups is 1. The van der Waals surface area contributed by atoms with Gasteiger partial charge in [-0.05, 0) is 35.4 Å². The molecule has 10 N–H and O–H groups in total. The van der Waals surface area contributed by atoms with Gasteiger partial charge in [0, 0.05) is 6.08 Å². The largest absolute Gasteiger partial charge is 0.508 e. The van der Waals surface area contributed by atoms with E-state index in [1.54, 1.807) is 12.1 Å². The molecule has 260 valence electrons. The molecule has 0 bridgehead atoms. The van der Waals surface area contributed by atoms with E-state index in [0.717, 1.165) is 12.3 Å². The first-order valence-electron chi connectivity index (χ1n) is 14.7. The minimum absolute atomic E-state index is 0.0399. The monoisotopic (exact) mass is 670 g/mol. The van der Waals surface area contributed by atoms with Crippen LogP contribution >= 0.6 is 0 Å². The van der Waals surface area contributed by atoms with Crippen molar-refractivity contribution in [2.24, 2.45) is 5.92 Å². The summed E-state index contributed by atoms with van der Waals surface area (Å²) in [6.45, 7) is -1.97. The number of benzene rings is 1. The lowest BCUT2D eigenvalue weighted by Gasteiger charge is -2.48. The minimum Gasteiger partial charge on any atom is -0.508 e. The van der Waals surface area contributed by atoms with Gasteiger partial charge in [0.1, 0.15) is 72.9 Å². The Kier molecular flexibility index (Phi) is 11.0. The standard InChI is InChI=1S/C30H38O17/c31-10-14-9-18(34)30(7-8-42-27(20(14)30)46-28-25(40)23(38)21(36)16(11-32)44-28)47-29-26(41)24(39)22(37)17(45-29)12-43-19(35)6-3-13-1-4-15(33)5-2-13/h1-9,16-18,20-29,31-34,36-41H,10-12H2/b6-3+/t16-,17-,18-,20+,21-,22-,23+,24+,25-,26-,27+,28+,29+,30-/m1/s1. The van der Waals surface area contributed by atoms with E-state index in [1.807, 2.05) is 0 Å². The maximum Gasteiger partial charge on any atom is 0.330 e. The lowest BCUT2D eigenvalue weighted by Crippen LogP contribution is -2.64. The van der Waals surface area contributed by atoms with Crippen molar-refractivity contribution >= 4 is 12.0 Å². The molecule has 3 aliphatic heterocycles. The van der Waals surface area contributed by atoms with E-state index in [2.05, 4.69) is 0 Å². The van der Waals surface area contributed by atoms with Crippen LogP contribution in [-0.2, 0) is 33.2 Å². The highest BCUT2D eigenvalue weighted by Gasteiger charge is 2.60. The summed E-state index contributed by atoms with van der Waals surface area (Å²) in [5.41, 5.74) is -1.22. The van der Waals surface area contributed by atoms with Crippen molar-refractivity contribution in [2.45, 2.75) is 79.4 Å². The van der Waals surface area contributed by atoms with Crippen LogP contribution in [0.15, 0.2) is 54.3 Å². The molecule has 14 atom stereocenters. The van der Waals surface area contributed by atoms with E-state index >= 15 is 0 Å². The van der Waals surface area contributed by atoms with Crippen LogP contribution in [0.25, 0.3) is 6.08 Å². The van der Waals surface area contributed by atoms with Gasteiger partial charge in [-0.3, -0.25) is 0 Å². The number of ether oxygens (including phenoxy) is 6. The fourth-order valence-electron chi connectivity index (χ4n) is 5.87. The fraction of sp³-hybridized carbons (Fsp3) is 0.567. The van der Waals surface area contributed by atoms with Crippen molar-refractivity contribution in [1.29, 1.82) is 0 Å². The van der Waals surface area contributed by atoms with Crippen molar-refractivity contribution in [3.05, 3.63) is 59.9 Å². The van der Waals surface area contributed by atoms with Crippen LogP contribution in [0, 0.1) is 5.92 Å². The predicted octanol–water partition coefficient (Wildman–Crippen LogP) is -3.89. The third kappa shape index (κ3) is 7.08. The van der Waals surface area contributed by atoms with Crippen molar-refractivity contribution < 1.29 is 84.3 Å². The molecule has 2 fully saturated rings. The molecular weight excluding hydrogens is 632 g/mol. The van der Waals surface area contributed by atoms with E-state index < -0.39 is 111 Å². The first-order chi connectivity index (χ1) is 22.4. The molecule has 4 aliphatic rings. The molecule has 0 aromatic heterocycles. The Bertz CT molecular complexity index is 1320. The molecule has 17 heteroatoms. The zero-order chi connectivity index (χ0) is 34.0. The zero-order valence-electron chi connectivity index (χ0n) is 24.7. The first-order valence-corrected chi connectivity index (χ1v) is 14.7. The lowest BCUT2D eigenvalue weighted by molar-refractivity contribution is -0.362. The van der Waals surface area contributed by atoms with Crippen LogP contribution in [0.5, 0.6) is 5.75 Å². The summed E-state index contributed by atoms with van der Waals surface area (Å²) < 4.78 is 33.7. The Balaban J connectivity index is 1.31. The van der Waals surface area contributed by atoms with Gasteiger partial charge in [0.2, 0.25) is 6.29 Å². The van der Waals surface area contributed by atoms with Gasteiger partial charge in [0.25, 0.3) is 0 Å². The number of aliphatic hydroxyl groups is 9. The summed E-state index contributed by atoms with van der Waals surface area (Å²) in [6.07, 6.45) is -14.0. The summed E-state index contributed by atoms with van der Waals surface area (Å²) >= 11 is 0. The SMILES string of the molecule is O=C(/C=C/c1ccc(O)cc1)OC[C@H]1O[C@@H](O[C@@]23C=CO[C@@H](O[C@@H]4O[C@H](CO)[C@@H](O)[C@H](O)[C@H]4O)[C@@H]2C(CO)=C[C@H]3O)[C@H](O)[C@@H](O)[C@@H]1O. The summed E-state index contributed by atoms with van der Waals surface area (Å²) in [5.74, 6) is -2.03. The van der Waals surface area contributed by atoms with Gasteiger partial charge in [0.15, 0.2) is 12.6 Å². The first kappa shape index (κ1) is 35.3. The third-order valence-electron chi connectivity index (χ3n) is 8.52. The Morgan fingerprint density at radius 1 is 0.830 bits per heavy atom. The molecule has 1 aromatic rings. The van der Waals surface area contributed by atoms with E-state index in [0.29, 0.717) is 5.56 Å². The molecule has 17 nitrogen and oxygen atoms in total. The van der Waals surface area contributed by atoms with Gasteiger partial charge in [-0.15, -0.1) is 0 Å². The van der Waals surface area contributed by atoms with E-state index in [4.69, 9.17) is 28.4 Å². The Morgan fingerprint density at radius 2 is 1.47 bits per heavy atom. The second-order valence-corrected chi connectivity index (χ2v) is 11.5. The molecule has 0 spiro atoms. The van der Waals surface area contributed by atoms with Gasteiger partial charge in [-0.1, -0.05) is 18.2 Å². The number of carbonyl (C=O) groups is 1. The maximum absolute atomic E-state index is 12.3. The number of hydrogen-bond donors (Lipinski definition) is 10. The molecule has 0 unspecified atom stereocenters. The molecule has 0 saturated carbocycles. The van der Waals surface area contributed by atoms with E-state index in [1.165, 1.54) is 30.4 Å². The molecule has 47 heavy (non-hydrogen) atoms. The highest BCUT2D eigenvalue weighted by atomic mass is 16.8. The average molecular weight is 671 g/mol. The Labute approximate surface area is 267 Å². The normalized spacial score (nSPS) is 41.7. The number of aliphatic hydroxyl groups excluding tert-OH is 9. The summed E-state index contributed by atoms with van der Waals surface area (Å²) in [4.78, 5) is 12.3. The minimum atomic E-state index is -1.92. The van der Waals surface area contributed by atoms with Crippen LogP contribution in [0.1, 0.15) is 5.56 Å². The predicted molar refractivity (Wildman–Crippen MR) is 152 cm³/mol. The summed E-state index contributed by atoms with van der Waals surface area (Å²) in [5, 5.41) is 103. The number of rotatable bonds is 10. The van der Waals surface area contributed by atoms with Gasteiger partial charge < -0.3 is 79.5 Å². The highest BCUT2D eigenvalue weighted by molar-refractivity contribution is 5.87. The third-order valence-corrected chi connectivity index (χ3v) is 8.52. The topological polar surface area (TPSA) is 275 Å². The Morgan fingerprint density at radius 3 is 2.13 bits per heavy atom. The maximum atomic E-state index is 12.3. The second kappa shape index (κ2) is 14.6. The van der Waals surface area contributed by atoms with Gasteiger partial charge in [0.05, 0.1) is 25.4 Å². The van der Waals surface area contributed by atoms with Crippen LogP contribution < -0.4 is 0 Å². The number of hydrogen-bond acceptors (Lipinski definition) is 17. The number of esters is 1. The molecule has 2 saturated heterocycles. The highest BCUT2D eigenvalue weighted by Crippen LogP contribution is 2.48. The van der Waals surface area contributed by atoms with E-state index in [9.17, 15) is 55.9 Å². The van der Waals surface area contributed by atoms with E-state index in [-0.39, 0.29) is 11.3 Å². The van der Waals surface area contributed by atoms with Crippen molar-refractivity contribution in [3.8, 4) is 5.75 Å². The molecule has 1 aliphatic carbocycles. The smallest absolute Gasteiger partial charge is 0.330 e. The lowest BCUT2D eigenvalue weighted by atomic mass is 9.82. The number of phenolic OH excluding ortho intramolecular Hbond substituents is 1. The molecule has 0 radical (unpaired) electrons. The Hall–Kier alpha value is -3.01. The molecule has 1 aromatic carbocycles. The molecule has 5 rings (SSSR count). The van der Waals surface area contributed by atoms with Gasteiger partial charge in [-0.25, -0.2) is 4.79 Å². The van der Waals surface area contributed by atoms with Crippen molar-refractivity contribution in [1.82, 2.24) is 0 Å².